The first-order chi connectivity index (χ1) is 13.2. The van der Waals surface area contributed by atoms with Crippen molar-refractivity contribution in [2.24, 2.45) is 4.99 Å². The molecule has 27 heavy (non-hydrogen) atoms. The van der Waals surface area contributed by atoms with Gasteiger partial charge in [0, 0.05) is 51.5 Å². The standard InChI is InChI=1S/C20H33ClN4O2/c1-3-26-13-5-4-10-23-20(22-2)24-16-19(25-11-14-27-15-12-25)17-6-8-18(21)9-7-17/h6-9,19H,3-5,10-16H2,1-2H3,(H2,22,23,24). The molecular formula is C20H33ClN4O2. The number of hydrogen-bond acceptors (Lipinski definition) is 4. The van der Waals surface area contributed by atoms with Crippen LogP contribution >= 0.6 is 11.6 Å². The number of ether oxygens (including phenoxy) is 2. The summed E-state index contributed by atoms with van der Waals surface area (Å²) >= 11 is 6.07. The lowest BCUT2D eigenvalue weighted by atomic mass is 10.0. The summed E-state index contributed by atoms with van der Waals surface area (Å²) in [4.78, 5) is 6.80. The van der Waals surface area contributed by atoms with Crippen molar-refractivity contribution in [1.82, 2.24) is 15.5 Å². The van der Waals surface area contributed by atoms with Crippen molar-refractivity contribution in [2.45, 2.75) is 25.8 Å². The number of halogens is 1. The summed E-state index contributed by atoms with van der Waals surface area (Å²) in [7, 11) is 1.81. The molecule has 0 radical (unpaired) electrons. The summed E-state index contributed by atoms with van der Waals surface area (Å²) < 4.78 is 10.9. The summed E-state index contributed by atoms with van der Waals surface area (Å²) in [5, 5.41) is 7.62. The van der Waals surface area contributed by atoms with E-state index < -0.39 is 0 Å². The van der Waals surface area contributed by atoms with Gasteiger partial charge in [0.1, 0.15) is 0 Å². The minimum absolute atomic E-state index is 0.252. The molecule has 1 atom stereocenters. The van der Waals surface area contributed by atoms with Crippen LogP contribution in [0.3, 0.4) is 0 Å². The molecule has 0 aliphatic carbocycles. The molecule has 1 saturated heterocycles. The van der Waals surface area contributed by atoms with Crippen molar-refractivity contribution >= 4 is 17.6 Å². The van der Waals surface area contributed by atoms with E-state index in [-0.39, 0.29) is 6.04 Å². The van der Waals surface area contributed by atoms with E-state index in [1.54, 1.807) is 0 Å². The molecule has 2 rings (SSSR count). The van der Waals surface area contributed by atoms with E-state index in [1.807, 2.05) is 26.1 Å². The van der Waals surface area contributed by atoms with Crippen molar-refractivity contribution in [2.75, 3.05) is 59.7 Å². The van der Waals surface area contributed by atoms with Crippen LogP contribution in [0, 0.1) is 0 Å². The lowest BCUT2D eigenvalue weighted by Gasteiger charge is -2.35. The highest BCUT2D eigenvalue weighted by Gasteiger charge is 2.22. The maximum absolute atomic E-state index is 6.07. The third kappa shape index (κ3) is 8.05. The molecule has 6 nitrogen and oxygen atoms in total. The molecule has 0 spiro atoms. The topological polar surface area (TPSA) is 58.1 Å². The zero-order valence-electron chi connectivity index (χ0n) is 16.5. The molecule has 0 aromatic heterocycles. The minimum atomic E-state index is 0.252. The highest BCUT2D eigenvalue weighted by Crippen LogP contribution is 2.23. The van der Waals surface area contributed by atoms with E-state index in [1.165, 1.54) is 5.56 Å². The van der Waals surface area contributed by atoms with Crippen LogP contribution in [-0.4, -0.2) is 70.5 Å². The van der Waals surface area contributed by atoms with Gasteiger partial charge in [-0.2, -0.15) is 0 Å². The number of rotatable bonds is 10. The number of aliphatic imine (C=N–C) groups is 1. The van der Waals surface area contributed by atoms with Gasteiger partial charge in [-0.1, -0.05) is 23.7 Å². The SMILES string of the molecule is CCOCCCCNC(=NC)NCC(c1ccc(Cl)cc1)N1CCOCC1. The van der Waals surface area contributed by atoms with E-state index in [9.17, 15) is 0 Å². The first-order valence-electron chi connectivity index (χ1n) is 9.84. The molecule has 0 amide bonds. The summed E-state index contributed by atoms with van der Waals surface area (Å²) in [6, 6.07) is 8.37. The molecule has 1 heterocycles. The van der Waals surface area contributed by atoms with Crippen LogP contribution in [0.1, 0.15) is 31.4 Å². The van der Waals surface area contributed by atoms with Gasteiger partial charge in [-0.25, -0.2) is 0 Å². The molecule has 0 saturated carbocycles. The molecule has 1 unspecified atom stereocenters. The van der Waals surface area contributed by atoms with Crippen molar-refractivity contribution < 1.29 is 9.47 Å². The predicted octanol–water partition coefficient (Wildman–Crippen LogP) is 2.70. The van der Waals surface area contributed by atoms with Crippen LogP contribution < -0.4 is 10.6 Å². The molecular weight excluding hydrogens is 364 g/mol. The number of morpholine rings is 1. The second-order valence-corrected chi connectivity index (χ2v) is 6.94. The Morgan fingerprint density at radius 2 is 1.96 bits per heavy atom. The largest absolute Gasteiger partial charge is 0.382 e. The summed E-state index contributed by atoms with van der Waals surface area (Å²) in [6.45, 7) is 8.70. The van der Waals surface area contributed by atoms with Crippen molar-refractivity contribution in [3.8, 4) is 0 Å². The number of benzene rings is 1. The number of nitrogens with one attached hydrogen (secondary N) is 2. The fourth-order valence-corrected chi connectivity index (χ4v) is 3.25. The molecule has 1 fully saturated rings. The maximum Gasteiger partial charge on any atom is 0.191 e. The van der Waals surface area contributed by atoms with Crippen molar-refractivity contribution in [1.29, 1.82) is 0 Å². The fourth-order valence-electron chi connectivity index (χ4n) is 3.13. The van der Waals surface area contributed by atoms with Gasteiger partial charge in [-0.05, 0) is 37.5 Å². The van der Waals surface area contributed by atoms with E-state index >= 15 is 0 Å². The highest BCUT2D eigenvalue weighted by atomic mass is 35.5. The average Bonchev–Trinajstić information content (AvgIpc) is 2.71. The van der Waals surface area contributed by atoms with E-state index in [2.05, 4.69) is 32.7 Å². The second kappa shape index (κ2) is 12.9. The van der Waals surface area contributed by atoms with Gasteiger partial charge in [0.25, 0.3) is 0 Å². The van der Waals surface area contributed by atoms with Crippen molar-refractivity contribution in [3.63, 3.8) is 0 Å². The fraction of sp³-hybridized carbons (Fsp3) is 0.650. The Hall–Kier alpha value is -1.34. The van der Waals surface area contributed by atoms with Crippen LogP contribution in [0.4, 0.5) is 0 Å². The Morgan fingerprint density at radius 1 is 1.22 bits per heavy atom. The van der Waals surface area contributed by atoms with Crippen LogP contribution in [0.5, 0.6) is 0 Å². The van der Waals surface area contributed by atoms with E-state index in [4.69, 9.17) is 21.1 Å². The van der Waals surface area contributed by atoms with Crippen LogP contribution in [0.25, 0.3) is 0 Å². The van der Waals surface area contributed by atoms with Gasteiger partial charge in [0.05, 0.1) is 19.3 Å². The molecule has 0 bridgehead atoms. The Kier molecular flexibility index (Phi) is 10.5. The normalized spacial score (nSPS) is 16.9. The van der Waals surface area contributed by atoms with Crippen molar-refractivity contribution in [3.05, 3.63) is 34.9 Å². The van der Waals surface area contributed by atoms with Gasteiger partial charge >= 0.3 is 0 Å². The molecule has 1 aromatic rings. The zero-order valence-corrected chi connectivity index (χ0v) is 17.3. The lowest BCUT2D eigenvalue weighted by molar-refractivity contribution is 0.0170. The van der Waals surface area contributed by atoms with E-state index in [0.29, 0.717) is 0 Å². The monoisotopic (exact) mass is 396 g/mol. The highest BCUT2D eigenvalue weighted by molar-refractivity contribution is 6.30. The van der Waals surface area contributed by atoms with Gasteiger partial charge < -0.3 is 20.1 Å². The smallest absolute Gasteiger partial charge is 0.191 e. The Morgan fingerprint density at radius 3 is 2.63 bits per heavy atom. The number of guanidine groups is 1. The molecule has 152 valence electrons. The van der Waals surface area contributed by atoms with Gasteiger partial charge in [-0.15, -0.1) is 0 Å². The van der Waals surface area contributed by atoms with Gasteiger partial charge in [0.2, 0.25) is 0 Å². The predicted molar refractivity (Wildman–Crippen MR) is 112 cm³/mol. The molecule has 1 aliphatic heterocycles. The lowest BCUT2D eigenvalue weighted by Crippen LogP contribution is -2.46. The van der Waals surface area contributed by atoms with Crippen LogP contribution in [0.2, 0.25) is 5.02 Å². The van der Waals surface area contributed by atoms with Gasteiger partial charge in [-0.3, -0.25) is 9.89 Å². The third-order valence-electron chi connectivity index (χ3n) is 4.64. The Bertz CT molecular complexity index is 547. The average molecular weight is 397 g/mol. The van der Waals surface area contributed by atoms with Crippen LogP contribution in [-0.2, 0) is 9.47 Å². The summed E-state index contributed by atoms with van der Waals surface area (Å²) in [6.07, 6.45) is 2.11. The first kappa shape index (κ1) is 22.0. The number of nitrogens with zero attached hydrogens (tertiary/aromatic N) is 2. The minimum Gasteiger partial charge on any atom is -0.382 e. The van der Waals surface area contributed by atoms with Crippen LogP contribution in [0.15, 0.2) is 29.3 Å². The quantitative estimate of drug-likeness (QED) is 0.362. The number of hydrogen-bond donors (Lipinski definition) is 2. The molecule has 7 heteroatoms. The summed E-state index contributed by atoms with van der Waals surface area (Å²) in [5.74, 6) is 0.832. The third-order valence-corrected chi connectivity index (χ3v) is 4.89. The summed E-state index contributed by atoms with van der Waals surface area (Å²) in [5.41, 5.74) is 1.25. The molecule has 1 aliphatic rings. The first-order valence-corrected chi connectivity index (χ1v) is 10.2. The Balaban J connectivity index is 1.87. The zero-order chi connectivity index (χ0) is 19.3. The Labute approximate surface area is 168 Å². The maximum atomic E-state index is 6.07. The molecule has 2 N–H and O–H groups in total. The second-order valence-electron chi connectivity index (χ2n) is 6.50. The van der Waals surface area contributed by atoms with Gasteiger partial charge in [0.15, 0.2) is 5.96 Å². The van der Waals surface area contributed by atoms with E-state index in [0.717, 1.165) is 76.4 Å². The molecule has 1 aromatic carbocycles. The number of unbranched alkanes of at least 4 members (excludes halogenated alkanes) is 1.